The maximum atomic E-state index is 13.5. The van der Waals surface area contributed by atoms with Gasteiger partial charge in [-0.1, -0.05) is 36.4 Å². The number of aromatic nitrogens is 1. The van der Waals surface area contributed by atoms with Crippen molar-refractivity contribution >= 4 is 29.8 Å². The Morgan fingerprint density at radius 2 is 1.79 bits per heavy atom. The van der Waals surface area contributed by atoms with Crippen LogP contribution in [-0.2, 0) is 15.8 Å². The van der Waals surface area contributed by atoms with Crippen LogP contribution in [0.25, 0.3) is 0 Å². The molecule has 2 fully saturated rings. The minimum absolute atomic E-state index is 0.257. The van der Waals surface area contributed by atoms with Gasteiger partial charge in [0.05, 0.1) is 24.6 Å². The second-order valence-corrected chi connectivity index (χ2v) is 14.7. The molecule has 6 rings (SSSR count). The molecule has 0 radical (unpaired) electrons. The number of rotatable bonds is 7. The number of anilines is 1. The standard InChI is InChI=1S/C33H41N4O4P/c1-33(2)31(36-30-29(34)14-15-35-32(30)41-33)27-12-10-26(11-13-27)25-8-6-23(7-9-25)22-42(38,39)28-5-3-4-24(20-28)21-37-16-18-40-19-17-37/h3-5,10-15,20,23,25H,6-9,16-19,21-22H2,1-2H3,(H2,34,35)(H,38,39). The fraction of sp³-hybridized carbons (Fsp3) is 0.455. The van der Waals surface area contributed by atoms with Gasteiger partial charge in [-0.25, -0.2) is 9.98 Å². The van der Waals surface area contributed by atoms with Crippen LogP contribution in [-0.4, -0.2) is 58.6 Å². The molecule has 1 aliphatic carbocycles. The lowest BCUT2D eigenvalue weighted by Gasteiger charge is -2.33. The number of pyridine rings is 1. The van der Waals surface area contributed by atoms with Crippen molar-refractivity contribution in [3.63, 3.8) is 0 Å². The summed E-state index contributed by atoms with van der Waals surface area (Å²) in [7, 11) is -3.43. The van der Waals surface area contributed by atoms with Crippen LogP contribution in [0.4, 0.5) is 11.4 Å². The maximum absolute atomic E-state index is 13.5. The van der Waals surface area contributed by atoms with E-state index in [-0.39, 0.29) is 5.92 Å². The molecule has 2 aromatic carbocycles. The Kier molecular flexibility index (Phi) is 8.25. The third-order valence-electron chi connectivity index (χ3n) is 8.90. The van der Waals surface area contributed by atoms with Gasteiger partial charge in [-0.15, -0.1) is 0 Å². The van der Waals surface area contributed by atoms with Crippen LogP contribution >= 0.6 is 7.37 Å². The topological polar surface area (TPSA) is 110 Å². The van der Waals surface area contributed by atoms with E-state index in [1.54, 1.807) is 12.3 Å². The van der Waals surface area contributed by atoms with Crippen molar-refractivity contribution in [3.05, 3.63) is 77.5 Å². The smallest absolute Gasteiger partial charge is 0.243 e. The molecule has 9 heteroatoms. The molecular formula is C33H41N4O4P. The van der Waals surface area contributed by atoms with Gasteiger partial charge in [0, 0.05) is 42.9 Å². The lowest BCUT2D eigenvalue weighted by molar-refractivity contribution is 0.0342. The number of ether oxygens (including phenoxy) is 2. The second-order valence-electron chi connectivity index (χ2n) is 12.4. The first-order valence-corrected chi connectivity index (χ1v) is 16.9. The molecule has 3 aromatic rings. The van der Waals surface area contributed by atoms with Crippen LogP contribution in [0.1, 0.15) is 62.1 Å². The third-order valence-corrected chi connectivity index (χ3v) is 11.0. The van der Waals surface area contributed by atoms with Gasteiger partial charge in [0.1, 0.15) is 11.3 Å². The Bertz CT molecular complexity index is 1490. The summed E-state index contributed by atoms with van der Waals surface area (Å²) in [5, 5.41) is 0.587. The summed E-state index contributed by atoms with van der Waals surface area (Å²) >= 11 is 0. The highest BCUT2D eigenvalue weighted by Gasteiger charge is 2.35. The minimum atomic E-state index is -3.43. The van der Waals surface area contributed by atoms with Crippen LogP contribution in [0.3, 0.4) is 0 Å². The van der Waals surface area contributed by atoms with E-state index in [1.807, 2.05) is 32.0 Å². The molecule has 0 amide bonds. The zero-order valence-corrected chi connectivity index (χ0v) is 25.4. The van der Waals surface area contributed by atoms with E-state index in [0.29, 0.717) is 34.6 Å². The predicted octanol–water partition coefficient (Wildman–Crippen LogP) is 5.66. The van der Waals surface area contributed by atoms with E-state index < -0.39 is 13.0 Å². The summed E-state index contributed by atoms with van der Waals surface area (Å²) in [6, 6.07) is 18.1. The Balaban J connectivity index is 1.07. The molecule has 222 valence electrons. The SMILES string of the molecule is CC1(C)Oc2nccc(N)c2N=C1c1ccc(C2CCC(CP(=O)(O)c3cccc(CN4CCOCC4)c3)CC2)cc1. The van der Waals surface area contributed by atoms with Gasteiger partial charge in [0.25, 0.3) is 0 Å². The highest BCUT2D eigenvalue weighted by atomic mass is 31.2. The van der Waals surface area contributed by atoms with Crippen LogP contribution in [0, 0.1) is 5.92 Å². The Morgan fingerprint density at radius 3 is 2.52 bits per heavy atom. The van der Waals surface area contributed by atoms with Crippen LogP contribution in [0.5, 0.6) is 5.88 Å². The molecule has 1 aromatic heterocycles. The van der Waals surface area contributed by atoms with E-state index in [2.05, 4.69) is 40.2 Å². The fourth-order valence-corrected chi connectivity index (χ4v) is 8.48. The number of aliphatic imine (C=N–C) groups is 1. The number of hydrogen-bond acceptors (Lipinski definition) is 7. The average Bonchev–Trinajstić information content (AvgIpc) is 2.98. The van der Waals surface area contributed by atoms with Crippen molar-refractivity contribution in [1.29, 1.82) is 0 Å². The summed E-state index contributed by atoms with van der Waals surface area (Å²) in [6.07, 6.45) is 5.95. The van der Waals surface area contributed by atoms with E-state index in [9.17, 15) is 9.46 Å². The predicted molar refractivity (Wildman–Crippen MR) is 168 cm³/mol. The van der Waals surface area contributed by atoms with E-state index in [4.69, 9.17) is 20.2 Å². The molecule has 1 atom stereocenters. The number of nitrogens with two attached hydrogens (primary N) is 1. The maximum Gasteiger partial charge on any atom is 0.243 e. The van der Waals surface area contributed by atoms with Crippen molar-refractivity contribution in [1.82, 2.24) is 9.88 Å². The largest absolute Gasteiger partial charge is 0.463 e. The highest BCUT2D eigenvalue weighted by Crippen LogP contribution is 2.47. The normalized spacial score (nSPS) is 23.7. The third kappa shape index (κ3) is 6.32. The summed E-state index contributed by atoms with van der Waals surface area (Å²) in [4.78, 5) is 22.6. The van der Waals surface area contributed by atoms with Gasteiger partial charge in [0.15, 0.2) is 0 Å². The average molecular weight is 589 g/mol. The molecule has 0 spiro atoms. The van der Waals surface area contributed by atoms with Gasteiger partial charge >= 0.3 is 0 Å². The minimum Gasteiger partial charge on any atom is -0.463 e. The summed E-state index contributed by atoms with van der Waals surface area (Å²) < 4.78 is 25.1. The van der Waals surface area contributed by atoms with Gasteiger partial charge in [-0.3, -0.25) is 9.46 Å². The van der Waals surface area contributed by atoms with Crippen molar-refractivity contribution in [2.75, 3.05) is 38.2 Å². The molecule has 1 saturated heterocycles. The number of nitrogen functional groups attached to an aromatic ring is 1. The molecule has 1 unspecified atom stereocenters. The van der Waals surface area contributed by atoms with Crippen LogP contribution < -0.4 is 15.8 Å². The Morgan fingerprint density at radius 1 is 1.05 bits per heavy atom. The second kappa shape index (κ2) is 11.9. The highest BCUT2D eigenvalue weighted by molar-refractivity contribution is 7.66. The summed E-state index contributed by atoms with van der Waals surface area (Å²) in [5.41, 5.74) is 10.9. The van der Waals surface area contributed by atoms with E-state index >= 15 is 0 Å². The van der Waals surface area contributed by atoms with E-state index in [1.165, 1.54) is 5.56 Å². The summed E-state index contributed by atoms with van der Waals surface area (Å²) in [6.45, 7) is 8.07. The zero-order chi connectivity index (χ0) is 29.3. The molecule has 3 heterocycles. The molecule has 2 aliphatic heterocycles. The first kappa shape index (κ1) is 29.1. The Hall–Kier alpha value is -3.03. The molecule has 8 nitrogen and oxygen atoms in total. The van der Waals surface area contributed by atoms with Crippen molar-refractivity contribution in [2.24, 2.45) is 10.9 Å². The summed E-state index contributed by atoms with van der Waals surface area (Å²) in [5.74, 6) is 1.17. The number of hydrogen-bond donors (Lipinski definition) is 2. The number of fused-ring (bicyclic) bond motifs is 1. The van der Waals surface area contributed by atoms with Gasteiger partial charge in [0.2, 0.25) is 13.2 Å². The first-order valence-electron chi connectivity index (χ1n) is 15.0. The molecular weight excluding hydrogens is 547 g/mol. The first-order chi connectivity index (χ1) is 20.2. The molecule has 3 aliphatic rings. The Labute approximate surface area is 248 Å². The zero-order valence-electron chi connectivity index (χ0n) is 24.5. The molecule has 0 bridgehead atoms. The van der Waals surface area contributed by atoms with Gasteiger partial charge in [-0.2, -0.15) is 0 Å². The monoisotopic (exact) mass is 588 g/mol. The number of morpholine rings is 1. The quantitative estimate of drug-likeness (QED) is 0.343. The fourth-order valence-electron chi connectivity index (χ4n) is 6.52. The van der Waals surface area contributed by atoms with Crippen molar-refractivity contribution < 1.29 is 18.9 Å². The van der Waals surface area contributed by atoms with Crippen molar-refractivity contribution in [2.45, 2.75) is 57.6 Å². The van der Waals surface area contributed by atoms with Gasteiger partial charge in [-0.05, 0) is 80.7 Å². The number of nitrogens with zero attached hydrogens (tertiary/aromatic N) is 3. The van der Waals surface area contributed by atoms with Crippen LogP contribution in [0.2, 0.25) is 0 Å². The molecule has 42 heavy (non-hydrogen) atoms. The number of benzene rings is 2. The van der Waals surface area contributed by atoms with Crippen molar-refractivity contribution in [3.8, 4) is 5.88 Å². The van der Waals surface area contributed by atoms with Crippen LogP contribution in [0.15, 0.2) is 65.8 Å². The lowest BCUT2D eigenvalue weighted by Crippen LogP contribution is -2.41. The lowest BCUT2D eigenvalue weighted by atomic mass is 9.79. The molecule has 1 saturated carbocycles. The van der Waals surface area contributed by atoms with E-state index in [0.717, 1.165) is 75.4 Å². The van der Waals surface area contributed by atoms with Gasteiger partial charge < -0.3 is 20.1 Å². The molecule has 3 N–H and O–H groups in total.